The van der Waals surface area contributed by atoms with Crippen molar-refractivity contribution in [2.75, 3.05) is 32.1 Å². The summed E-state index contributed by atoms with van der Waals surface area (Å²) in [7, 11) is 2.17. The number of benzene rings is 2. The van der Waals surface area contributed by atoms with Crippen LogP contribution >= 0.6 is 0 Å². The molecule has 2 aliphatic rings. The monoisotopic (exact) mass is 487 g/mol. The van der Waals surface area contributed by atoms with Crippen LogP contribution in [0.15, 0.2) is 60.7 Å². The summed E-state index contributed by atoms with van der Waals surface area (Å²) in [5.41, 5.74) is 3.01. The van der Waals surface area contributed by atoms with E-state index in [1.165, 1.54) is 5.56 Å². The zero-order valence-electron chi connectivity index (χ0n) is 21.3. The highest BCUT2D eigenvalue weighted by molar-refractivity contribution is 5.90. The van der Waals surface area contributed by atoms with Gasteiger partial charge in [-0.3, -0.25) is 5.32 Å². The summed E-state index contributed by atoms with van der Waals surface area (Å²) < 4.78 is 8.00. The molecule has 7 heteroatoms. The number of nitrogens with one attached hydrogen (secondary N) is 2. The molecule has 0 unspecified atom stereocenters. The lowest BCUT2D eigenvalue weighted by Gasteiger charge is -2.28. The molecule has 1 saturated heterocycles. The van der Waals surface area contributed by atoms with Crippen molar-refractivity contribution in [2.45, 2.75) is 51.0 Å². The summed E-state index contributed by atoms with van der Waals surface area (Å²) in [6.07, 6.45) is 5.44. The molecular weight excluding hydrogens is 450 g/mol. The van der Waals surface area contributed by atoms with Gasteiger partial charge in [-0.15, -0.1) is 5.10 Å². The smallest absolute Gasteiger partial charge is 0.320 e. The highest BCUT2D eigenvalue weighted by Gasteiger charge is 2.30. The Morgan fingerprint density at radius 2 is 1.69 bits per heavy atom. The minimum absolute atomic E-state index is 0.112. The Morgan fingerprint density at radius 1 is 1.00 bits per heavy atom. The average molecular weight is 488 g/mol. The van der Waals surface area contributed by atoms with Crippen molar-refractivity contribution in [3.05, 3.63) is 71.8 Å². The molecule has 3 aromatic rings. The van der Waals surface area contributed by atoms with Crippen LogP contribution in [-0.2, 0) is 0 Å². The molecule has 0 bridgehead atoms. The topological polar surface area (TPSA) is 71.4 Å². The predicted molar refractivity (Wildman–Crippen MR) is 143 cm³/mol. The summed E-state index contributed by atoms with van der Waals surface area (Å²) in [5, 5.41) is 11.1. The highest BCUT2D eigenvalue weighted by Crippen LogP contribution is 2.35. The molecule has 1 aromatic heterocycles. The number of rotatable bonds is 7. The molecule has 0 radical (unpaired) electrons. The van der Waals surface area contributed by atoms with E-state index in [1.54, 1.807) is 4.68 Å². The average Bonchev–Trinajstić information content (AvgIpc) is 3.49. The fourth-order valence-corrected chi connectivity index (χ4v) is 5.49. The Kier molecular flexibility index (Phi) is 7.56. The van der Waals surface area contributed by atoms with E-state index in [9.17, 15) is 4.79 Å². The van der Waals surface area contributed by atoms with Gasteiger partial charge in [0.15, 0.2) is 0 Å². The van der Waals surface area contributed by atoms with E-state index in [-0.39, 0.29) is 12.1 Å². The maximum absolute atomic E-state index is 13.2. The SMILES string of the molecule is Cc1c(OCC2CCN(C)CC2)nn(-c2ccccc2)c1NC(=O)N[C@@H]1CCC[C@H]1c1ccccc1. The lowest BCUT2D eigenvalue weighted by molar-refractivity contribution is 0.156. The van der Waals surface area contributed by atoms with Gasteiger partial charge in [0.1, 0.15) is 5.82 Å². The zero-order chi connectivity index (χ0) is 24.9. The van der Waals surface area contributed by atoms with Crippen LogP contribution in [0.5, 0.6) is 5.88 Å². The van der Waals surface area contributed by atoms with Crippen molar-refractivity contribution in [2.24, 2.45) is 5.92 Å². The van der Waals surface area contributed by atoms with E-state index in [1.807, 2.05) is 43.3 Å². The van der Waals surface area contributed by atoms with Crippen LogP contribution in [0.1, 0.15) is 49.1 Å². The Bertz CT molecular complexity index is 1140. The van der Waals surface area contributed by atoms with E-state index in [0.29, 0.717) is 30.1 Å². The number of para-hydroxylation sites is 1. The number of ether oxygens (including phenoxy) is 1. The van der Waals surface area contributed by atoms with Crippen LogP contribution in [0.2, 0.25) is 0 Å². The Morgan fingerprint density at radius 3 is 2.42 bits per heavy atom. The summed E-state index contributed by atoms with van der Waals surface area (Å²) in [6, 6.07) is 20.3. The Balaban J connectivity index is 1.31. The lowest BCUT2D eigenvalue weighted by atomic mass is 9.94. The molecule has 2 atom stereocenters. The Labute approximate surface area is 213 Å². The predicted octanol–water partition coefficient (Wildman–Crippen LogP) is 5.36. The van der Waals surface area contributed by atoms with Gasteiger partial charge in [0.2, 0.25) is 5.88 Å². The molecule has 2 amide bonds. The Hall–Kier alpha value is -3.32. The second kappa shape index (κ2) is 11.2. The normalized spacial score (nSPS) is 20.8. The summed E-state index contributed by atoms with van der Waals surface area (Å²) >= 11 is 0. The quantitative estimate of drug-likeness (QED) is 0.471. The first-order valence-electron chi connectivity index (χ1n) is 13.2. The van der Waals surface area contributed by atoms with Crippen LogP contribution in [-0.4, -0.2) is 53.5 Å². The number of carbonyl (C=O) groups excluding carboxylic acids is 1. The van der Waals surface area contributed by atoms with Gasteiger partial charge >= 0.3 is 6.03 Å². The molecule has 1 aliphatic heterocycles. The third-order valence-electron chi connectivity index (χ3n) is 7.67. The van der Waals surface area contributed by atoms with E-state index >= 15 is 0 Å². The maximum Gasteiger partial charge on any atom is 0.320 e. The minimum Gasteiger partial charge on any atom is -0.476 e. The van der Waals surface area contributed by atoms with Gasteiger partial charge in [-0.05, 0) is 76.4 Å². The summed E-state index contributed by atoms with van der Waals surface area (Å²) in [6.45, 7) is 4.81. The fourth-order valence-electron chi connectivity index (χ4n) is 5.49. The van der Waals surface area contributed by atoms with Gasteiger partial charge in [0.25, 0.3) is 0 Å². The molecule has 36 heavy (non-hydrogen) atoms. The number of piperidine rings is 1. The van der Waals surface area contributed by atoms with Crippen molar-refractivity contribution >= 4 is 11.8 Å². The van der Waals surface area contributed by atoms with E-state index in [4.69, 9.17) is 9.84 Å². The highest BCUT2D eigenvalue weighted by atomic mass is 16.5. The van der Waals surface area contributed by atoms with Crippen molar-refractivity contribution in [3.8, 4) is 11.6 Å². The molecule has 5 rings (SSSR count). The first-order chi connectivity index (χ1) is 17.6. The van der Waals surface area contributed by atoms with Gasteiger partial charge < -0.3 is 15.0 Å². The van der Waals surface area contributed by atoms with Gasteiger partial charge in [0, 0.05) is 12.0 Å². The molecule has 190 valence electrons. The van der Waals surface area contributed by atoms with Crippen LogP contribution in [0.25, 0.3) is 5.69 Å². The first kappa shape index (κ1) is 24.4. The molecule has 1 aliphatic carbocycles. The summed E-state index contributed by atoms with van der Waals surface area (Å²) in [4.78, 5) is 15.6. The second-order valence-electron chi connectivity index (χ2n) is 10.2. The van der Waals surface area contributed by atoms with Crippen molar-refractivity contribution in [1.82, 2.24) is 20.0 Å². The number of amides is 2. The van der Waals surface area contributed by atoms with Gasteiger partial charge in [0.05, 0.1) is 17.9 Å². The van der Waals surface area contributed by atoms with Crippen molar-refractivity contribution < 1.29 is 9.53 Å². The zero-order valence-corrected chi connectivity index (χ0v) is 21.3. The molecular formula is C29H37N5O2. The van der Waals surface area contributed by atoms with Crippen molar-refractivity contribution in [1.29, 1.82) is 0 Å². The standard InChI is InChI=1S/C29H37N5O2/c1-21-27(31-29(35)30-26-15-9-14-25(26)23-10-5-3-6-11-23)34(24-12-7-4-8-13-24)32-28(21)36-20-22-16-18-33(2)19-17-22/h3-8,10-13,22,25-26H,9,14-20H2,1-2H3,(H2,30,31,35)/t25-,26+/m0/s1. The minimum atomic E-state index is -0.204. The number of hydrogen-bond donors (Lipinski definition) is 2. The van der Waals surface area contributed by atoms with Crippen LogP contribution in [0.4, 0.5) is 10.6 Å². The number of hydrogen-bond acceptors (Lipinski definition) is 4. The second-order valence-corrected chi connectivity index (χ2v) is 10.2. The number of anilines is 1. The molecule has 2 fully saturated rings. The van der Waals surface area contributed by atoms with E-state index in [2.05, 4.69) is 46.8 Å². The number of carbonyl (C=O) groups is 1. The van der Waals surface area contributed by atoms with Crippen molar-refractivity contribution in [3.63, 3.8) is 0 Å². The molecule has 1 saturated carbocycles. The first-order valence-corrected chi connectivity index (χ1v) is 13.2. The number of urea groups is 1. The van der Waals surface area contributed by atoms with Crippen LogP contribution in [0, 0.1) is 12.8 Å². The van der Waals surface area contributed by atoms with Crippen LogP contribution < -0.4 is 15.4 Å². The number of aromatic nitrogens is 2. The maximum atomic E-state index is 13.2. The molecule has 2 heterocycles. The summed E-state index contributed by atoms with van der Waals surface area (Å²) in [5.74, 6) is 2.09. The molecule has 7 nitrogen and oxygen atoms in total. The van der Waals surface area contributed by atoms with Gasteiger partial charge in [-0.25, -0.2) is 9.48 Å². The third-order valence-corrected chi connectivity index (χ3v) is 7.67. The third kappa shape index (κ3) is 5.57. The van der Waals surface area contributed by atoms with E-state index < -0.39 is 0 Å². The largest absolute Gasteiger partial charge is 0.476 e. The molecule has 2 aromatic carbocycles. The van der Waals surface area contributed by atoms with Gasteiger partial charge in [-0.2, -0.15) is 0 Å². The molecule has 0 spiro atoms. The molecule has 2 N–H and O–H groups in total. The van der Waals surface area contributed by atoms with E-state index in [0.717, 1.165) is 56.4 Å². The van der Waals surface area contributed by atoms with Crippen LogP contribution in [0.3, 0.4) is 0 Å². The number of nitrogens with zero attached hydrogens (tertiary/aromatic N) is 3. The lowest BCUT2D eigenvalue weighted by Crippen LogP contribution is -2.39. The van der Waals surface area contributed by atoms with Gasteiger partial charge in [-0.1, -0.05) is 55.0 Å². The number of likely N-dealkylation sites (tertiary alicyclic amines) is 1. The fraction of sp³-hybridized carbons (Fsp3) is 0.448.